The van der Waals surface area contributed by atoms with Crippen LogP contribution in [0.1, 0.15) is 52.7 Å². The van der Waals surface area contributed by atoms with Crippen molar-refractivity contribution in [3.8, 4) is 0 Å². The molecule has 2 aromatic carbocycles. The molecule has 0 atom stereocenters. The first-order chi connectivity index (χ1) is 22.9. The van der Waals surface area contributed by atoms with Crippen LogP contribution >= 0.6 is 0 Å². The summed E-state index contributed by atoms with van der Waals surface area (Å²) in [4.78, 5) is 40.9. The van der Waals surface area contributed by atoms with E-state index in [1.165, 1.54) is 11.0 Å². The number of nitrogens with zero attached hydrogens (tertiary/aromatic N) is 5. The fourth-order valence-electron chi connectivity index (χ4n) is 5.05. The number of hydrogen-bond acceptors (Lipinski definition) is 9. The summed E-state index contributed by atoms with van der Waals surface area (Å²) in [7, 11) is 0. The molecule has 50 heavy (non-hydrogen) atoms. The Morgan fingerprint density at radius 3 is 1.36 bits per heavy atom. The number of nitrogen functional groups attached to an aromatic ring is 1. The van der Waals surface area contributed by atoms with Crippen LogP contribution in [-0.2, 0) is 21.8 Å². The highest BCUT2D eigenvalue weighted by atomic mass is 19.4. The maximum atomic E-state index is 12.8. The predicted octanol–water partition coefficient (Wildman–Crippen LogP) is 7.02. The molecule has 2 heterocycles. The Bertz CT molecular complexity index is 1520. The van der Waals surface area contributed by atoms with Crippen LogP contribution in [0.5, 0.6) is 0 Å². The fourth-order valence-corrected chi connectivity index (χ4v) is 5.05. The summed E-state index contributed by atoms with van der Waals surface area (Å²) in [5.74, 6) is 0. The van der Waals surface area contributed by atoms with Crippen LogP contribution < -0.4 is 15.5 Å². The third-order valence-electron chi connectivity index (χ3n) is 7.40. The average molecular weight is 721 g/mol. The molecule has 18 heteroatoms. The van der Waals surface area contributed by atoms with Crippen LogP contribution in [0.2, 0.25) is 0 Å². The number of rotatable bonds is 3. The first-order valence-corrected chi connectivity index (χ1v) is 15.6. The second-order valence-electron chi connectivity index (χ2n) is 13.6. The lowest BCUT2D eigenvalue weighted by atomic mass is 10.1. The molecule has 0 bridgehead atoms. The van der Waals surface area contributed by atoms with Crippen molar-refractivity contribution in [2.75, 3.05) is 67.9 Å². The van der Waals surface area contributed by atoms with Gasteiger partial charge in [0.2, 0.25) is 0 Å². The summed E-state index contributed by atoms with van der Waals surface area (Å²) in [5, 5.41) is 11.2. The minimum absolute atomic E-state index is 0.0792. The monoisotopic (exact) mass is 720 g/mol. The molecule has 0 saturated carbocycles. The highest BCUT2D eigenvalue weighted by Crippen LogP contribution is 2.37. The van der Waals surface area contributed by atoms with Crippen molar-refractivity contribution in [3.63, 3.8) is 0 Å². The molecule has 2 N–H and O–H groups in total. The maximum Gasteiger partial charge on any atom is 0.416 e. The lowest BCUT2D eigenvalue weighted by Crippen LogP contribution is -2.50. The van der Waals surface area contributed by atoms with Crippen LogP contribution in [0.3, 0.4) is 0 Å². The van der Waals surface area contributed by atoms with Crippen LogP contribution in [0.25, 0.3) is 0 Å². The second kappa shape index (κ2) is 15.1. The fraction of sp³-hybridized carbons (Fsp3) is 0.562. The van der Waals surface area contributed by atoms with Crippen molar-refractivity contribution in [2.45, 2.75) is 65.1 Å². The number of benzene rings is 2. The smallest absolute Gasteiger partial charge is 0.416 e. The molecule has 0 spiro atoms. The van der Waals surface area contributed by atoms with Crippen molar-refractivity contribution in [3.05, 3.63) is 57.6 Å². The maximum absolute atomic E-state index is 12.8. The number of alkyl halides is 6. The Balaban J connectivity index is 0.000000271. The quantitative estimate of drug-likeness (QED) is 0.154. The van der Waals surface area contributed by atoms with E-state index in [1.54, 1.807) is 51.3 Å². The molecule has 4 rings (SSSR count). The molecular formula is C32H42F6N6O6. The molecule has 0 aromatic heterocycles. The van der Waals surface area contributed by atoms with Gasteiger partial charge < -0.3 is 34.8 Å². The Morgan fingerprint density at radius 1 is 0.660 bits per heavy atom. The number of amides is 2. The highest BCUT2D eigenvalue weighted by Gasteiger charge is 2.35. The molecule has 2 amide bonds. The average Bonchev–Trinajstić information content (AvgIpc) is 2.98. The number of nitro benzene ring substituents is 1. The number of nitro groups is 1. The molecular weight excluding hydrogens is 678 g/mol. The van der Waals surface area contributed by atoms with Gasteiger partial charge >= 0.3 is 24.5 Å². The van der Waals surface area contributed by atoms with Crippen LogP contribution in [-0.4, -0.2) is 90.5 Å². The molecule has 12 nitrogen and oxygen atoms in total. The van der Waals surface area contributed by atoms with Gasteiger partial charge in [-0.05, 0) is 71.9 Å². The minimum Gasteiger partial charge on any atom is -0.444 e. The Morgan fingerprint density at radius 2 is 1.02 bits per heavy atom. The van der Waals surface area contributed by atoms with Crippen molar-refractivity contribution >= 4 is 34.9 Å². The Labute approximate surface area is 285 Å². The van der Waals surface area contributed by atoms with E-state index in [0.717, 1.165) is 24.3 Å². The van der Waals surface area contributed by atoms with E-state index in [0.29, 0.717) is 37.9 Å². The Kier molecular flexibility index (Phi) is 12.0. The largest absolute Gasteiger partial charge is 0.444 e. The summed E-state index contributed by atoms with van der Waals surface area (Å²) in [6, 6.07) is 5.80. The molecule has 0 radical (unpaired) electrons. The van der Waals surface area contributed by atoms with Gasteiger partial charge in [0.25, 0.3) is 5.69 Å². The van der Waals surface area contributed by atoms with Gasteiger partial charge in [0.05, 0.1) is 27.4 Å². The summed E-state index contributed by atoms with van der Waals surface area (Å²) in [6.45, 7) is 13.5. The van der Waals surface area contributed by atoms with Crippen LogP contribution in [0.15, 0.2) is 36.4 Å². The van der Waals surface area contributed by atoms with Gasteiger partial charge in [-0.1, -0.05) is 0 Å². The molecule has 2 aliphatic heterocycles. The highest BCUT2D eigenvalue weighted by molar-refractivity contribution is 5.72. The van der Waals surface area contributed by atoms with Gasteiger partial charge in [0.1, 0.15) is 16.9 Å². The molecule has 278 valence electrons. The number of piperazine rings is 2. The third-order valence-corrected chi connectivity index (χ3v) is 7.40. The first-order valence-electron chi connectivity index (χ1n) is 15.6. The normalized spacial score (nSPS) is 16.0. The summed E-state index contributed by atoms with van der Waals surface area (Å²) in [5.41, 5.74) is 2.87. The predicted molar refractivity (Wildman–Crippen MR) is 174 cm³/mol. The van der Waals surface area contributed by atoms with E-state index >= 15 is 0 Å². The minimum atomic E-state index is -4.65. The van der Waals surface area contributed by atoms with Crippen molar-refractivity contribution < 1.29 is 50.3 Å². The number of nitrogens with two attached hydrogens (primary N) is 1. The zero-order valence-electron chi connectivity index (χ0n) is 28.7. The van der Waals surface area contributed by atoms with Gasteiger partial charge in [0, 0.05) is 58.4 Å². The topological polar surface area (TPSA) is 135 Å². The summed E-state index contributed by atoms with van der Waals surface area (Å²) >= 11 is 0. The first kappa shape index (κ1) is 39.8. The van der Waals surface area contributed by atoms with E-state index in [4.69, 9.17) is 15.2 Å². The third kappa shape index (κ3) is 11.2. The molecule has 2 fully saturated rings. The van der Waals surface area contributed by atoms with Gasteiger partial charge in [-0.2, -0.15) is 26.3 Å². The second-order valence-corrected chi connectivity index (χ2v) is 13.6. The van der Waals surface area contributed by atoms with E-state index < -0.39 is 51.4 Å². The van der Waals surface area contributed by atoms with Crippen molar-refractivity contribution in [1.29, 1.82) is 0 Å². The van der Waals surface area contributed by atoms with Crippen molar-refractivity contribution in [2.24, 2.45) is 0 Å². The number of hydrogen-bond donors (Lipinski definition) is 1. The Hall–Kier alpha value is -4.64. The number of halogens is 6. The summed E-state index contributed by atoms with van der Waals surface area (Å²) < 4.78 is 87.0. The summed E-state index contributed by atoms with van der Waals surface area (Å²) in [6.07, 6.45) is -9.94. The number of carbonyl (C=O) groups excluding carboxylic acids is 2. The van der Waals surface area contributed by atoms with E-state index in [1.807, 2.05) is 4.90 Å². The number of anilines is 3. The van der Waals surface area contributed by atoms with E-state index in [2.05, 4.69) is 0 Å². The van der Waals surface area contributed by atoms with Gasteiger partial charge in [-0.3, -0.25) is 10.1 Å². The van der Waals surface area contributed by atoms with Gasteiger partial charge in [-0.25, -0.2) is 9.59 Å². The van der Waals surface area contributed by atoms with E-state index in [-0.39, 0.29) is 43.6 Å². The molecule has 0 aliphatic carbocycles. The lowest BCUT2D eigenvalue weighted by Gasteiger charge is -2.37. The lowest BCUT2D eigenvalue weighted by molar-refractivity contribution is -0.384. The number of ether oxygens (including phenoxy) is 2. The van der Waals surface area contributed by atoms with Crippen LogP contribution in [0, 0.1) is 10.1 Å². The molecule has 0 unspecified atom stereocenters. The molecule has 2 aromatic rings. The van der Waals surface area contributed by atoms with E-state index in [9.17, 15) is 46.0 Å². The van der Waals surface area contributed by atoms with Crippen LogP contribution in [0.4, 0.5) is 58.7 Å². The van der Waals surface area contributed by atoms with Crippen molar-refractivity contribution in [1.82, 2.24) is 9.80 Å². The number of carbonyl (C=O) groups is 2. The zero-order chi connectivity index (χ0) is 37.8. The van der Waals surface area contributed by atoms with Gasteiger partial charge in [0.15, 0.2) is 0 Å². The van der Waals surface area contributed by atoms with Gasteiger partial charge in [-0.15, -0.1) is 0 Å². The zero-order valence-corrected chi connectivity index (χ0v) is 28.7. The molecule has 2 aliphatic rings. The molecule has 2 saturated heterocycles. The standard InChI is InChI=1S/C16H20F3N3O4.C16H22F3N3O2/c1-15(2,3)26-14(23)21-8-6-20(7-9-21)12-5-4-11(16(17,18)19)10-13(12)22(24)25;1-15(2,3)24-14(23)22-8-6-21(7-9-22)13-5-4-11(10-12(13)20)16(17,18)19/h4-5,10H,6-9H2,1-3H3;4-5,10H,6-9,20H2,1-3H3. The SMILES string of the molecule is CC(C)(C)OC(=O)N1CCN(c2ccc(C(F)(F)F)cc2N)CC1.CC(C)(C)OC(=O)N1CCN(c2ccc(C(F)(F)F)cc2[N+](=O)[O-])CC1.